The van der Waals surface area contributed by atoms with Crippen molar-refractivity contribution < 1.29 is 13.2 Å². The third-order valence-corrected chi connectivity index (χ3v) is 6.14. The highest BCUT2D eigenvalue weighted by Gasteiger charge is 2.27. The molecule has 1 aliphatic rings. The van der Waals surface area contributed by atoms with Gasteiger partial charge in [0.1, 0.15) is 0 Å². The van der Waals surface area contributed by atoms with E-state index in [2.05, 4.69) is 34.7 Å². The van der Waals surface area contributed by atoms with Crippen LogP contribution in [0.5, 0.6) is 0 Å². The van der Waals surface area contributed by atoms with E-state index in [0.29, 0.717) is 38.0 Å². The van der Waals surface area contributed by atoms with Gasteiger partial charge in [0.05, 0.1) is 24.7 Å². The Morgan fingerprint density at radius 1 is 1.31 bits per heavy atom. The molecule has 26 heavy (non-hydrogen) atoms. The number of sulfone groups is 1. The molecule has 2 rings (SSSR count). The van der Waals surface area contributed by atoms with Crippen molar-refractivity contribution >= 4 is 15.8 Å². The van der Waals surface area contributed by atoms with Gasteiger partial charge in [0.2, 0.25) is 0 Å². The van der Waals surface area contributed by atoms with Crippen LogP contribution in [0, 0.1) is 11.8 Å². The SMILES string of the molecule is CCNC(=NCC(C)COCc1ccccc1)NCC1CCS(=O)(=O)C1. The minimum atomic E-state index is -2.83. The monoisotopic (exact) mass is 381 g/mol. The second-order valence-electron chi connectivity index (χ2n) is 6.98. The van der Waals surface area contributed by atoms with Crippen molar-refractivity contribution in [3.63, 3.8) is 0 Å². The molecule has 0 aliphatic carbocycles. The lowest BCUT2D eigenvalue weighted by Crippen LogP contribution is -2.40. The summed E-state index contributed by atoms with van der Waals surface area (Å²) in [4.78, 5) is 4.60. The number of aliphatic imine (C=N–C) groups is 1. The molecule has 1 aliphatic heterocycles. The molecule has 0 radical (unpaired) electrons. The fourth-order valence-corrected chi connectivity index (χ4v) is 4.73. The van der Waals surface area contributed by atoms with Crippen LogP contribution in [0.25, 0.3) is 0 Å². The first-order valence-electron chi connectivity index (χ1n) is 9.32. The Morgan fingerprint density at radius 3 is 2.73 bits per heavy atom. The lowest BCUT2D eigenvalue weighted by molar-refractivity contribution is 0.0945. The number of hydrogen-bond donors (Lipinski definition) is 2. The standard InChI is InChI=1S/C19H31N3O3S/c1-3-20-19(22-12-18-9-10-26(23,24)15-18)21-11-16(2)13-25-14-17-7-5-4-6-8-17/h4-8,16,18H,3,9-15H2,1-2H3,(H2,20,21,22). The van der Waals surface area contributed by atoms with Gasteiger partial charge in [-0.15, -0.1) is 0 Å². The Bertz CT molecular complexity index is 662. The van der Waals surface area contributed by atoms with Crippen molar-refractivity contribution in [3.05, 3.63) is 35.9 Å². The molecule has 0 amide bonds. The lowest BCUT2D eigenvalue weighted by atomic mass is 10.1. The normalized spacial score (nSPS) is 20.7. The minimum Gasteiger partial charge on any atom is -0.376 e. The van der Waals surface area contributed by atoms with E-state index in [0.717, 1.165) is 18.9 Å². The number of guanidine groups is 1. The Labute approximate surface area is 157 Å². The molecular formula is C19H31N3O3S. The van der Waals surface area contributed by atoms with Crippen LogP contribution in [-0.4, -0.2) is 52.1 Å². The van der Waals surface area contributed by atoms with Crippen LogP contribution in [0.15, 0.2) is 35.3 Å². The maximum absolute atomic E-state index is 11.5. The molecule has 2 N–H and O–H groups in total. The van der Waals surface area contributed by atoms with Crippen LogP contribution in [0.2, 0.25) is 0 Å². The summed E-state index contributed by atoms with van der Waals surface area (Å²) in [6.07, 6.45) is 0.735. The first kappa shape index (κ1) is 20.7. The first-order valence-corrected chi connectivity index (χ1v) is 11.1. The molecule has 0 aromatic heterocycles. The number of ether oxygens (including phenoxy) is 1. The quantitative estimate of drug-likeness (QED) is 0.504. The molecule has 6 nitrogen and oxygen atoms in total. The first-order chi connectivity index (χ1) is 12.5. The fraction of sp³-hybridized carbons (Fsp3) is 0.632. The average Bonchev–Trinajstić information content (AvgIpc) is 2.97. The van der Waals surface area contributed by atoms with Crippen molar-refractivity contribution in [3.8, 4) is 0 Å². The van der Waals surface area contributed by atoms with Crippen LogP contribution in [0.4, 0.5) is 0 Å². The molecule has 1 aromatic carbocycles. The molecule has 1 fully saturated rings. The maximum atomic E-state index is 11.5. The van der Waals surface area contributed by atoms with E-state index in [-0.39, 0.29) is 11.7 Å². The number of hydrogen-bond acceptors (Lipinski definition) is 4. The molecule has 1 heterocycles. The highest BCUT2D eigenvalue weighted by atomic mass is 32.2. The topological polar surface area (TPSA) is 79.8 Å². The molecule has 7 heteroatoms. The summed E-state index contributed by atoms with van der Waals surface area (Å²) < 4.78 is 28.8. The Hall–Kier alpha value is -1.60. The fourth-order valence-electron chi connectivity index (χ4n) is 2.87. The molecule has 0 bridgehead atoms. The summed E-state index contributed by atoms with van der Waals surface area (Å²) >= 11 is 0. The van der Waals surface area contributed by atoms with E-state index in [1.165, 1.54) is 5.56 Å². The molecule has 0 saturated carbocycles. The smallest absolute Gasteiger partial charge is 0.191 e. The third kappa shape index (κ3) is 7.74. The third-order valence-electron chi connectivity index (χ3n) is 4.30. The molecule has 1 aromatic rings. The zero-order valence-corrected chi connectivity index (χ0v) is 16.6. The second-order valence-corrected chi connectivity index (χ2v) is 9.20. The van der Waals surface area contributed by atoms with E-state index in [1.54, 1.807) is 0 Å². The molecule has 1 saturated heterocycles. The van der Waals surface area contributed by atoms with E-state index in [9.17, 15) is 8.42 Å². The molecule has 0 spiro atoms. The Morgan fingerprint density at radius 2 is 2.08 bits per heavy atom. The van der Waals surface area contributed by atoms with Crippen molar-refractivity contribution in [2.24, 2.45) is 16.8 Å². The summed E-state index contributed by atoms with van der Waals surface area (Å²) in [6, 6.07) is 10.1. The number of benzene rings is 1. The van der Waals surface area contributed by atoms with Crippen molar-refractivity contribution in [2.75, 3.05) is 37.7 Å². The number of nitrogens with zero attached hydrogens (tertiary/aromatic N) is 1. The van der Waals surface area contributed by atoms with Gasteiger partial charge in [-0.25, -0.2) is 8.42 Å². The predicted molar refractivity (Wildman–Crippen MR) is 106 cm³/mol. The van der Waals surface area contributed by atoms with E-state index in [4.69, 9.17) is 4.74 Å². The molecule has 146 valence electrons. The van der Waals surface area contributed by atoms with Gasteiger partial charge in [0.15, 0.2) is 15.8 Å². The van der Waals surface area contributed by atoms with Gasteiger partial charge in [-0.3, -0.25) is 4.99 Å². The summed E-state index contributed by atoms with van der Waals surface area (Å²) in [7, 11) is -2.83. The number of nitrogens with one attached hydrogen (secondary N) is 2. The van der Waals surface area contributed by atoms with Crippen LogP contribution in [0.1, 0.15) is 25.8 Å². The summed E-state index contributed by atoms with van der Waals surface area (Å²) in [5.74, 6) is 1.81. The highest BCUT2D eigenvalue weighted by molar-refractivity contribution is 7.91. The van der Waals surface area contributed by atoms with Gasteiger partial charge in [0, 0.05) is 19.6 Å². The molecule has 2 atom stereocenters. The van der Waals surface area contributed by atoms with Crippen LogP contribution < -0.4 is 10.6 Å². The summed E-state index contributed by atoms with van der Waals surface area (Å²) in [6.45, 7) is 7.47. The summed E-state index contributed by atoms with van der Waals surface area (Å²) in [5, 5.41) is 6.48. The van der Waals surface area contributed by atoms with Gasteiger partial charge in [-0.2, -0.15) is 0 Å². The largest absolute Gasteiger partial charge is 0.376 e. The maximum Gasteiger partial charge on any atom is 0.191 e. The Balaban J connectivity index is 1.71. The van der Waals surface area contributed by atoms with Gasteiger partial charge in [-0.1, -0.05) is 37.3 Å². The van der Waals surface area contributed by atoms with Gasteiger partial charge >= 0.3 is 0 Å². The lowest BCUT2D eigenvalue weighted by Gasteiger charge is -2.15. The minimum absolute atomic E-state index is 0.176. The van der Waals surface area contributed by atoms with Gasteiger partial charge < -0.3 is 15.4 Å². The van der Waals surface area contributed by atoms with Crippen LogP contribution in [-0.2, 0) is 21.2 Å². The Kier molecular flexibility index (Phi) is 8.38. The highest BCUT2D eigenvalue weighted by Crippen LogP contribution is 2.17. The molecular weight excluding hydrogens is 350 g/mol. The van der Waals surface area contributed by atoms with Crippen molar-refractivity contribution in [2.45, 2.75) is 26.9 Å². The van der Waals surface area contributed by atoms with Crippen molar-refractivity contribution in [1.82, 2.24) is 10.6 Å². The average molecular weight is 382 g/mol. The molecule has 2 unspecified atom stereocenters. The van der Waals surface area contributed by atoms with Gasteiger partial charge in [0.25, 0.3) is 0 Å². The van der Waals surface area contributed by atoms with Gasteiger partial charge in [-0.05, 0) is 30.7 Å². The zero-order valence-electron chi connectivity index (χ0n) is 15.8. The second kappa shape index (κ2) is 10.5. The zero-order chi connectivity index (χ0) is 18.8. The van der Waals surface area contributed by atoms with E-state index in [1.807, 2.05) is 25.1 Å². The van der Waals surface area contributed by atoms with Crippen LogP contribution >= 0.6 is 0 Å². The van der Waals surface area contributed by atoms with Crippen molar-refractivity contribution in [1.29, 1.82) is 0 Å². The predicted octanol–water partition coefficient (Wildman–Crippen LogP) is 1.83. The summed E-state index contributed by atoms with van der Waals surface area (Å²) in [5.41, 5.74) is 1.17. The van der Waals surface area contributed by atoms with E-state index < -0.39 is 9.84 Å². The van der Waals surface area contributed by atoms with E-state index >= 15 is 0 Å². The number of rotatable bonds is 9. The van der Waals surface area contributed by atoms with Crippen LogP contribution in [0.3, 0.4) is 0 Å².